The molecule has 0 spiro atoms. The third-order valence-corrected chi connectivity index (χ3v) is 6.14. The van der Waals surface area contributed by atoms with E-state index in [9.17, 15) is 9.59 Å². The van der Waals surface area contributed by atoms with Crippen molar-refractivity contribution in [3.63, 3.8) is 0 Å². The lowest BCUT2D eigenvalue weighted by Gasteiger charge is -2.35. The zero-order valence-electron chi connectivity index (χ0n) is 20.9. The fourth-order valence-electron chi connectivity index (χ4n) is 3.70. The fraction of sp³-hybridized carbons (Fsp3) is 0.286. The third-order valence-electron chi connectivity index (χ3n) is 6.14. The molecule has 188 valence electrons. The van der Waals surface area contributed by atoms with E-state index in [0.717, 1.165) is 22.6 Å². The molecule has 1 atom stereocenters. The van der Waals surface area contributed by atoms with Crippen LogP contribution in [0.5, 0.6) is 5.75 Å². The Bertz CT molecular complexity index is 1190. The number of carbonyl (C=O) groups excluding carboxylic acids is 2. The molecule has 1 unspecified atom stereocenters. The zero-order valence-corrected chi connectivity index (χ0v) is 20.9. The van der Waals surface area contributed by atoms with Gasteiger partial charge in [0.2, 0.25) is 0 Å². The van der Waals surface area contributed by atoms with E-state index in [1.807, 2.05) is 54.6 Å². The molecular formula is C28H31N3O5. The molecule has 0 aliphatic heterocycles. The average molecular weight is 490 g/mol. The lowest BCUT2D eigenvalue weighted by Crippen LogP contribution is -2.30. The summed E-state index contributed by atoms with van der Waals surface area (Å²) in [4.78, 5) is 31.3. The molecule has 8 heteroatoms. The van der Waals surface area contributed by atoms with Crippen molar-refractivity contribution in [2.45, 2.75) is 39.7 Å². The lowest BCUT2D eigenvalue weighted by molar-refractivity contribution is -0.157. The van der Waals surface area contributed by atoms with E-state index in [2.05, 4.69) is 47.8 Å². The van der Waals surface area contributed by atoms with Crippen LogP contribution in [0.15, 0.2) is 78.1 Å². The highest BCUT2D eigenvalue weighted by Crippen LogP contribution is 2.39. The van der Waals surface area contributed by atoms with Gasteiger partial charge in [0.15, 0.2) is 12.4 Å². The summed E-state index contributed by atoms with van der Waals surface area (Å²) in [7, 11) is 0. The third kappa shape index (κ3) is 6.69. The highest BCUT2D eigenvalue weighted by atomic mass is 16.7. The number of ether oxygens (including phenoxy) is 2. The van der Waals surface area contributed by atoms with Crippen molar-refractivity contribution in [1.82, 2.24) is 4.98 Å². The Hall–Kier alpha value is -4.20. The quantitative estimate of drug-likeness (QED) is 0.148. The molecular weight excluding hydrogens is 458 g/mol. The van der Waals surface area contributed by atoms with Gasteiger partial charge in [-0.25, -0.2) is 4.79 Å². The van der Waals surface area contributed by atoms with Crippen LogP contribution in [0.4, 0.5) is 0 Å². The van der Waals surface area contributed by atoms with Gasteiger partial charge in [0, 0.05) is 24.1 Å². The molecule has 36 heavy (non-hydrogen) atoms. The number of benzene rings is 2. The number of nitrogens with two attached hydrogens (primary N) is 1. The van der Waals surface area contributed by atoms with Gasteiger partial charge in [-0.15, -0.1) is 0 Å². The maximum absolute atomic E-state index is 11.6. The molecule has 0 bridgehead atoms. The van der Waals surface area contributed by atoms with Crippen LogP contribution in [0, 0.1) is 5.92 Å². The molecule has 1 heterocycles. The summed E-state index contributed by atoms with van der Waals surface area (Å²) in [5.74, 6) is -0.294. The highest BCUT2D eigenvalue weighted by molar-refractivity contribution is 5.97. The van der Waals surface area contributed by atoms with Crippen LogP contribution in [0.1, 0.15) is 50.1 Å². The molecule has 0 radical (unpaired) electrons. The molecule has 0 fully saturated rings. The SMILES string of the molecule is CC(=O)OCC(=O)O/N=C(/N)c1ccc(C(C)(c2ccc(OCc3ccccn3)cc2)C(C)C)cc1. The molecule has 0 aliphatic rings. The number of pyridine rings is 1. The van der Waals surface area contributed by atoms with E-state index >= 15 is 0 Å². The van der Waals surface area contributed by atoms with Gasteiger partial charge in [0.25, 0.3) is 0 Å². The molecule has 2 aromatic carbocycles. The zero-order chi connectivity index (χ0) is 26.1. The first kappa shape index (κ1) is 26.4. The summed E-state index contributed by atoms with van der Waals surface area (Å²) < 4.78 is 10.5. The first-order chi connectivity index (χ1) is 17.2. The van der Waals surface area contributed by atoms with Gasteiger partial charge in [-0.05, 0) is 41.3 Å². The van der Waals surface area contributed by atoms with E-state index in [4.69, 9.17) is 15.3 Å². The smallest absolute Gasteiger partial charge is 0.372 e. The first-order valence-corrected chi connectivity index (χ1v) is 11.6. The fourth-order valence-corrected chi connectivity index (χ4v) is 3.70. The monoisotopic (exact) mass is 489 g/mol. The highest BCUT2D eigenvalue weighted by Gasteiger charge is 2.32. The van der Waals surface area contributed by atoms with Crippen molar-refractivity contribution in [1.29, 1.82) is 0 Å². The number of oxime groups is 1. The summed E-state index contributed by atoms with van der Waals surface area (Å²) in [5.41, 5.74) is 9.41. The first-order valence-electron chi connectivity index (χ1n) is 11.6. The van der Waals surface area contributed by atoms with Crippen molar-refractivity contribution in [2.24, 2.45) is 16.8 Å². The largest absolute Gasteiger partial charge is 0.487 e. The minimum Gasteiger partial charge on any atom is -0.487 e. The molecule has 3 aromatic rings. The van der Waals surface area contributed by atoms with Crippen LogP contribution in [0.25, 0.3) is 0 Å². The number of esters is 1. The van der Waals surface area contributed by atoms with Crippen molar-refractivity contribution in [3.8, 4) is 5.75 Å². The molecule has 0 saturated heterocycles. The van der Waals surface area contributed by atoms with Crippen molar-refractivity contribution >= 4 is 17.8 Å². The number of hydrogen-bond acceptors (Lipinski definition) is 7. The van der Waals surface area contributed by atoms with E-state index < -0.39 is 18.5 Å². The lowest BCUT2D eigenvalue weighted by atomic mass is 9.68. The topological polar surface area (TPSA) is 113 Å². The van der Waals surface area contributed by atoms with Crippen LogP contribution in [0.3, 0.4) is 0 Å². The second-order valence-electron chi connectivity index (χ2n) is 8.79. The number of amidine groups is 1. The van der Waals surface area contributed by atoms with Crippen LogP contribution < -0.4 is 10.5 Å². The summed E-state index contributed by atoms with van der Waals surface area (Å²) in [5, 5.41) is 3.64. The molecule has 0 amide bonds. The van der Waals surface area contributed by atoms with Crippen LogP contribution in [-0.4, -0.2) is 29.4 Å². The molecule has 0 aliphatic carbocycles. The second-order valence-corrected chi connectivity index (χ2v) is 8.79. The minimum absolute atomic E-state index is 0.0402. The Balaban J connectivity index is 1.72. The molecule has 1 aromatic heterocycles. The van der Waals surface area contributed by atoms with Crippen molar-refractivity contribution in [2.75, 3.05) is 6.61 Å². The van der Waals surface area contributed by atoms with Gasteiger partial charge < -0.3 is 20.0 Å². The molecule has 0 saturated carbocycles. The van der Waals surface area contributed by atoms with Crippen LogP contribution >= 0.6 is 0 Å². The second kappa shape index (κ2) is 12.0. The predicted molar refractivity (Wildman–Crippen MR) is 136 cm³/mol. The van der Waals surface area contributed by atoms with Gasteiger partial charge in [-0.2, -0.15) is 0 Å². The standard InChI is InChI=1S/C28H31N3O5/c1-19(2)28(4,23-12-14-25(15-13-23)35-17-24-7-5-6-16-30-24)22-10-8-21(9-11-22)27(29)31-36-26(33)18-34-20(3)32/h5-16,19H,17-18H2,1-4H3,(H2,29,31). The summed E-state index contributed by atoms with van der Waals surface area (Å²) in [6.07, 6.45) is 1.75. The average Bonchev–Trinajstić information content (AvgIpc) is 2.89. The van der Waals surface area contributed by atoms with Gasteiger partial charge in [0.1, 0.15) is 12.4 Å². The predicted octanol–water partition coefficient (Wildman–Crippen LogP) is 4.35. The number of aromatic nitrogens is 1. The van der Waals surface area contributed by atoms with E-state index in [-0.39, 0.29) is 17.2 Å². The minimum atomic E-state index is -0.815. The van der Waals surface area contributed by atoms with Gasteiger partial charge in [-0.1, -0.05) is 68.4 Å². The van der Waals surface area contributed by atoms with E-state index in [0.29, 0.717) is 12.2 Å². The number of rotatable bonds is 10. The van der Waals surface area contributed by atoms with Crippen LogP contribution in [0.2, 0.25) is 0 Å². The Kier molecular flexibility index (Phi) is 8.78. The number of nitrogens with zero attached hydrogens (tertiary/aromatic N) is 2. The van der Waals surface area contributed by atoms with Gasteiger partial charge in [-0.3, -0.25) is 9.78 Å². The van der Waals surface area contributed by atoms with Crippen molar-refractivity contribution < 1.29 is 23.9 Å². The van der Waals surface area contributed by atoms with Gasteiger partial charge >= 0.3 is 11.9 Å². The molecule has 8 nitrogen and oxygen atoms in total. The Morgan fingerprint density at radius 3 is 2.19 bits per heavy atom. The van der Waals surface area contributed by atoms with E-state index in [1.54, 1.807) is 6.20 Å². The number of carbonyl (C=O) groups is 2. The molecule has 3 rings (SSSR count). The maximum Gasteiger partial charge on any atom is 0.372 e. The van der Waals surface area contributed by atoms with E-state index in [1.165, 1.54) is 6.92 Å². The maximum atomic E-state index is 11.6. The van der Waals surface area contributed by atoms with Crippen LogP contribution in [-0.2, 0) is 31.2 Å². The normalized spacial score (nSPS) is 13.1. The Morgan fingerprint density at radius 2 is 1.64 bits per heavy atom. The Morgan fingerprint density at radius 1 is 1.00 bits per heavy atom. The van der Waals surface area contributed by atoms with Gasteiger partial charge in [0.05, 0.1) is 5.69 Å². The molecule has 2 N–H and O–H groups in total. The Labute approximate surface area is 211 Å². The van der Waals surface area contributed by atoms with Crippen molar-refractivity contribution in [3.05, 3.63) is 95.3 Å². The summed E-state index contributed by atoms with van der Waals surface area (Å²) >= 11 is 0. The summed E-state index contributed by atoms with van der Waals surface area (Å²) in [6.45, 7) is 7.64. The summed E-state index contributed by atoms with van der Waals surface area (Å²) in [6, 6.07) is 21.5. The number of hydrogen-bond donors (Lipinski definition) is 1.